The fourth-order valence-corrected chi connectivity index (χ4v) is 13.6. The van der Waals surface area contributed by atoms with Gasteiger partial charge in [-0.3, -0.25) is 33.0 Å². The largest absolute Gasteiger partial charge is 0.470 e. The summed E-state index contributed by atoms with van der Waals surface area (Å²) in [7, 11) is -10.7. The first-order valence-corrected chi connectivity index (χ1v) is 40.8. The molecule has 0 aromatic carbocycles. The molecule has 0 spiro atoms. The molecule has 3 amide bonds. The summed E-state index contributed by atoms with van der Waals surface area (Å²) < 4.78 is 65.1. The molecule has 26 heteroatoms. The summed E-state index contributed by atoms with van der Waals surface area (Å²) in [5.41, 5.74) is -2.38. The van der Waals surface area contributed by atoms with E-state index in [0.29, 0.717) is 44.9 Å². The van der Waals surface area contributed by atoms with Crippen molar-refractivity contribution in [1.82, 2.24) is 16.0 Å². The number of nitrogens with one attached hydrogen (secondary N) is 3. The van der Waals surface area contributed by atoms with E-state index in [1.807, 2.05) is 0 Å². The Labute approximate surface area is 576 Å². The fraction of sp³-hybridized carbons (Fsp3) is 0.929. The molecule has 2 saturated heterocycles. The van der Waals surface area contributed by atoms with E-state index in [4.69, 9.17) is 32.7 Å². The lowest BCUT2D eigenvalue weighted by Crippen LogP contribution is -2.74. The first-order chi connectivity index (χ1) is 46.1. The van der Waals surface area contributed by atoms with E-state index in [0.717, 1.165) is 122 Å². The van der Waals surface area contributed by atoms with E-state index in [9.17, 15) is 68.0 Å². The van der Waals surface area contributed by atoms with E-state index in [-0.39, 0.29) is 25.7 Å². The molecule has 0 radical (unpaired) electrons. The summed E-state index contributed by atoms with van der Waals surface area (Å²) in [5, 5.41) is 43.4. The zero-order valence-corrected chi connectivity index (χ0v) is 61.3. The van der Waals surface area contributed by atoms with Crippen molar-refractivity contribution in [2.75, 3.05) is 26.4 Å². The topological polar surface area (TPSA) is 362 Å². The first kappa shape index (κ1) is 89.4. The van der Waals surface area contributed by atoms with Crippen LogP contribution in [-0.2, 0) is 65.8 Å². The zero-order chi connectivity index (χ0) is 70.7. The third-order valence-corrected chi connectivity index (χ3v) is 19.4. The highest BCUT2D eigenvalue weighted by atomic mass is 31.2. The minimum Gasteiger partial charge on any atom is -0.457 e. The van der Waals surface area contributed by atoms with Crippen molar-refractivity contribution in [3.05, 3.63) is 0 Å². The number of aliphatic hydroxyl groups is 3. The Balaban J connectivity index is 2.53. The summed E-state index contributed by atoms with van der Waals surface area (Å²) in [5.74, 6) is -3.68. The third kappa shape index (κ3) is 41.9. The van der Waals surface area contributed by atoms with E-state index < -0.39 is 139 Å². The molecule has 2 heterocycles. The number of carbonyl (C=O) groups is 5. The van der Waals surface area contributed by atoms with Gasteiger partial charge in [0.15, 0.2) is 24.8 Å². The van der Waals surface area contributed by atoms with Crippen LogP contribution in [0.5, 0.6) is 0 Å². The second kappa shape index (κ2) is 55.0. The molecule has 10 N–H and O–H groups in total. The lowest BCUT2D eigenvalue weighted by Gasteiger charge is -2.51. The standard InChI is InChI=1S/C70H133N3O21P2/c1-5-9-13-17-21-25-28-32-36-40-44-48-59(76)72-63-66(92-61(78)50-46-42-38-34-30-27-23-19-15-11-7-3)65(94-96(85,86)87)56(54-74)90-68(63)88-55-57-64(80)67(93-62(79)53-71-58(75)47-43-39-35-31-24-20-16-12-8-4)70(69(81)91-57,51-52-89-95(82,83)84)73-60(77)49-45-41-37-33-29-26-22-18-14-10-6-2/h56-57,63-69,74,80-81H,5-55H2,1-4H3,(H,71,75)(H,72,76)(H,73,77)(H2,82,83,84)(H2,85,86,87)/t56-,57-,63-,64-,65-,66-,67+,68-,69+,70-/m1/s1. The molecule has 0 saturated carbocycles. The summed E-state index contributed by atoms with van der Waals surface area (Å²) in [6.45, 7) is 5.28. The average molecular weight is 1410 g/mol. The lowest BCUT2D eigenvalue weighted by atomic mass is 9.80. The van der Waals surface area contributed by atoms with Gasteiger partial charge in [-0.25, -0.2) is 9.13 Å². The van der Waals surface area contributed by atoms with Crippen molar-refractivity contribution in [2.24, 2.45) is 0 Å². The predicted octanol–water partition coefficient (Wildman–Crippen LogP) is 13.1. The van der Waals surface area contributed by atoms with Crippen molar-refractivity contribution in [3.63, 3.8) is 0 Å². The van der Waals surface area contributed by atoms with Gasteiger partial charge in [0, 0.05) is 32.1 Å². The number of aliphatic hydroxyl groups excluding tert-OH is 3. The Morgan fingerprint density at radius 3 is 1.26 bits per heavy atom. The summed E-state index contributed by atoms with van der Waals surface area (Å²) in [6, 6.07) is -1.62. The first-order valence-electron chi connectivity index (χ1n) is 37.7. The van der Waals surface area contributed by atoms with Gasteiger partial charge in [-0.15, -0.1) is 0 Å². The van der Waals surface area contributed by atoms with Crippen LogP contribution in [0.25, 0.3) is 0 Å². The number of hydrogen-bond acceptors (Lipinski definition) is 17. The van der Waals surface area contributed by atoms with Gasteiger partial charge in [-0.1, -0.05) is 272 Å². The van der Waals surface area contributed by atoms with Crippen LogP contribution in [0.4, 0.5) is 0 Å². The molecule has 2 aliphatic heterocycles. The normalized spacial score (nSPS) is 22.2. The zero-order valence-electron chi connectivity index (χ0n) is 59.5. The molecule has 0 unspecified atom stereocenters. The van der Waals surface area contributed by atoms with Gasteiger partial charge in [-0.05, 0) is 25.7 Å². The molecule has 0 aliphatic carbocycles. The van der Waals surface area contributed by atoms with E-state index in [2.05, 4.69) is 43.6 Å². The molecular weight excluding hydrogens is 1280 g/mol. The number of hydrogen-bond donors (Lipinski definition) is 10. The number of ether oxygens (including phenoxy) is 5. The maximum absolute atomic E-state index is 14.1. The second-order valence-electron chi connectivity index (χ2n) is 27.0. The van der Waals surface area contributed by atoms with Crippen molar-refractivity contribution in [3.8, 4) is 0 Å². The van der Waals surface area contributed by atoms with Gasteiger partial charge < -0.3 is 74.5 Å². The van der Waals surface area contributed by atoms with Gasteiger partial charge in [-0.2, -0.15) is 0 Å². The minimum absolute atomic E-state index is 0.0325. The highest BCUT2D eigenvalue weighted by molar-refractivity contribution is 7.46. The van der Waals surface area contributed by atoms with Crippen molar-refractivity contribution < 1.29 is 101 Å². The number of phosphoric ester groups is 2. The smallest absolute Gasteiger partial charge is 0.457 e. The molecule has 0 aromatic heterocycles. The maximum atomic E-state index is 14.1. The van der Waals surface area contributed by atoms with Gasteiger partial charge in [0.25, 0.3) is 0 Å². The number of carbonyl (C=O) groups excluding carboxylic acids is 5. The van der Waals surface area contributed by atoms with Gasteiger partial charge >= 0.3 is 27.6 Å². The van der Waals surface area contributed by atoms with Crippen LogP contribution >= 0.6 is 15.6 Å². The average Bonchev–Trinajstić information content (AvgIpc) is 0.779. The number of esters is 2. The molecule has 564 valence electrons. The number of rotatable bonds is 62. The Morgan fingerprint density at radius 2 is 0.854 bits per heavy atom. The monoisotopic (exact) mass is 1410 g/mol. The van der Waals surface area contributed by atoms with Crippen LogP contribution in [0.3, 0.4) is 0 Å². The van der Waals surface area contributed by atoms with Crippen LogP contribution in [0.15, 0.2) is 0 Å². The number of unbranched alkanes of at least 4 members (excludes halogenated alkanes) is 38. The summed E-state index contributed by atoms with van der Waals surface area (Å²) in [6.07, 6.45) is 26.2. The highest BCUT2D eigenvalue weighted by Crippen LogP contribution is 2.43. The molecule has 10 atom stereocenters. The number of phosphoric acid groups is 2. The molecule has 0 bridgehead atoms. The molecule has 2 rings (SSSR count). The van der Waals surface area contributed by atoms with Crippen LogP contribution in [0.2, 0.25) is 0 Å². The van der Waals surface area contributed by atoms with Crippen molar-refractivity contribution >= 4 is 45.3 Å². The summed E-state index contributed by atoms with van der Waals surface area (Å²) in [4.78, 5) is 109. The SMILES string of the molecule is CCCCCCCCCCCCCC(=O)N[C@H]1[C@H](OC[C@H]2O[C@H](O)[C@](CCOP(=O)(O)O)(NC(=O)CCCCCCCCCCCCC)[C@@H](OC(=O)CNC(=O)CCCCCCCCCCC)[C@@H]2O)O[C@H](CO)[C@@H](OP(=O)(O)O)[C@@H]1OC(=O)CCCCCCCCCCCCC. The predicted molar refractivity (Wildman–Crippen MR) is 369 cm³/mol. The van der Waals surface area contributed by atoms with E-state index in [1.54, 1.807) is 0 Å². The Hall–Kier alpha value is -2.67. The Kier molecular flexibility index (Phi) is 51.2. The lowest BCUT2D eigenvalue weighted by molar-refractivity contribution is -0.312. The quantitative estimate of drug-likeness (QED) is 0.0154. The van der Waals surface area contributed by atoms with Crippen LogP contribution in [-0.4, -0.2) is 152 Å². The van der Waals surface area contributed by atoms with Crippen LogP contribution in [0, 0.1) is 0 Å². The molecule has 0 aromatic rings. The Bertz CT molecular complexity index is 2130. The molecule has 2 fully saturated rings. The second-order valence-corrected chi connectivity index (χ2v) is 29.4. The third-order valence-electron chi connectivity index (χ3n) is 18.4. The minimum atomic E-state index is -5.45. The highest BCUT2D eigenvalue weighted by Gasteiger charge is 2.59. The van der Waals surface area contributed by atoms with Crippen molar-refractivity contribution in [2.45, 2.75) is 390 Å². The molecule has 24 nitrogen and oxygen atoms in total. The maximum Gasteiger partial charge on any atom is 0.470 e. The summed E-state index contributed by atoms with van der Waals surface area (Å²) >= 11 is 0. The molecule has 96 heavy (non-hydrogen) atoms. The number of amides is 3. The van der Waals surface area contributed by atoms with Crippen LogP contribution in [0.1, 0.15) is 329 Å². The van der Waals surface area contributed by atoms with Gasteiger partial charge in [0.05, 0.1) is 19.8 Å². The fourth-order valence-electron chi connectivity index (χ4n) is 12.7. The molecule has 2 aliphatic rings. The van der Waals surface area contributed by atoms with Crippen molar-refractivity contribution in [1.29, 1.82) is 0 Å². The Morgan fingerprint density at radius 1 is 0.458 bits per heavy atom. The van der Waals surface area contributed by atoms with E-state index >= 15 is 0 Å². The molecular formula is C70H133N3O21P2. The van der Waals surface area contributed by atoms with Crippen LogP contribution < -0.4 is 16.0 Å². The van der Waals surface area contributed by atoms with Gasteiger partial charge in [0.1, 0.15) is 42.5 Å². The van der Waals surface area contributed by atoms with Gasteiger partial charge in [0.2, 0.25) is 17.7 Å². The van der Waals surface area contributed by atoms with E-state index in [1.165, 1.54) is 103 Å².